The molecule has 0 aromatic heterocycles. The highest BCUT2D eigenvalue weighted by Crippen LogP contribution is 2.06. The molecule has 70 valence electrons. The van der Waals surface area contributed by atoms with E-state index in [0.29, 0.717) is 6.61 Å². The lowest BCUT2D eigenvalue weighted by Crippen LogP contribution is -2.08. The lowest BCUT2D eigenvalue weighted by molar-refractivity contribution is -0.139. The van der Waals surface area contributed by atoms with Crippen molar-refractivity contribution in [2.45, 2.75) is 40.0 Å². The Morgan fingerprint density at radius 2 is 2.00 bits per heavy atom. The minimum absolute atomic E-state index is 0.152. The molecule has 0 N–H and O–H groups in total. The molecule has 0 spiro atoms. The van der Waals surface area contributed by atoms with Gasteiger partial charge in [0.25, 0.3) is 0 Å². The summed E-state index contributed by atoms with van der Waals surface area (Å²) in [5, 5.41) is 0. The second-order valence-corrected chi connectivity index (χ2v) is 2.70. The number of ether oxygens (including phenoxy) is 1. The molecule has 0 amide bonds. The van der Waals surface area contributed by atoms with Gasteiger partial charge in [-0.15, -0.1) is 0 Å². The largest absolute Gasteiger partial charge is 0.462 e. The average molecular weight is 170 g/mol. The second-order valence-electron chi connectivity index (χ2n) is 2.70. The number of hydrogen-bond acceptors (Lipinski definition) is 2. The first kappa shape index (κ1) is 11.2. The summed E-state index contributed by atoms with van der Waals surface area (Å²) < 4.78 is 4.99. The average Bonchev–Trinajstić information content (AvgIpc) is 2.10. The Bertz CT molecular complexity index is 159. The molecular weight excluding hydrogens is 152 g/mol. The van der Waals surface area contributed by atoms with Crippen molar-refractivity contribution in [2.24, 2.45) is 0 Å². The van der Waals surface area contributed by atoms with E-state index in [-0.39, 0.29) is 5.97 Å². The minimum Gasteiger partial charge on any atom is -0.462 e. The second kappa shape index (κ2) is 6.89. The zero-order valence-corrected chi connectivity index (χ0v) is 8.22. The van der Waals surface area contributed by atoms with Gasteiger partial charge in [0.1, 0.15) is 0 Å². The molecular formula is C10H18O2. The van der Waals surface area contributed by atoms with Crippen molar-refractivity contribution in [1.29, 1.82) is 0 Å². The number of hydrogen-bond donors (Lipinski definition) is 0. The van der Waals surface area contributed by atoms with E-state index < -0.39 is 0 Å². The third-order valence-electron chi connectivity index (χ3n) is 1.57. The standard InChI is InChI=1S/C10H18O2/c1-4-7-9(6-3)10(11)12-8-5-2/h6H,4-5,7-8H2,1-3H3/b9-6+. The molecule has 0 saturated carbocycles. The Kier molecular flexibility index (Phi) is 6.44. The molecule has 0 bridgehead atoms. The van der Waals surface area contributed by atoms with Crippen LogP contribution in [0.2, 0.25) is 0 Å². The monoisotopic (exact) mass is 170 g/mol. The van der Waals surface area contributed by atoms with Gasteiger partial charge in [-0.2, -0.15) is 0 Å². The summed E-state index contributed by atoms with van der Waals surface area (Å²) in [5.41, 5.74) is 0.797. The molecule has 0 fully saturated rings. The van der Waals surface area contributed by atoms with E-state index >= 15 is 0 Å². The Morgan fingerprint density at radius 3 is 2.42 bits per heavy atom. The van der Waals surface area contributed by atoms with Crippen LogP contribution in [0.5, 0.6) is 0 Å². The van der Waals surface area contributed by atoms with E-state index in [0.717, 1.165) is 24.8 Å². The Morgan fingerprint density at radius 1 is 1.33 bits per heavy atom. The Hall–Kier alpha value is -0.790. The van der Waals surface area contributed by atoms with Gasteiger partial charge in [0.2, 0.25) is 0 Å². The molecule has 0 atom stereocenters. The molecule has 0 rings (SSSR count). The maximum Gasteiger partial charge on any atom is 0.333 e. The lowest BCUT2D eigenvalue weighted by atomic mass is 10.1. The predicted octanol–water partition coefficient (Wildman–Crippen LogP) is 2.69. The van der Waals surface area contributed by atoms with Gasteiger partial charge in [-0.3, -0.25) is 0 Å². The highest BCUT2D eigenvalue weighted by atomic mass is 16.5. The van der Waals surface area contributed by atoms with Crippen molar-refractivity contribution in [2.75, 3.05) is 6.61 Å². The van der Waals surface area contributed by atoms with Gasteiger partial charge in [0.05, 0.1) is 6.61 Å². The number of carbonyl (C=O) groups is 1. The maximum atomic E-state index is 11.2. The molecule has 0 aromatic carbocycles. The van der Waals surface area contributed by atoms with E-state index in [1.165, 1.54) is 0 Å². The van der Waals surface area contributed by atoms with Crippen LogP contribution in [0.25, 0.3) is 0 Å². The van der Waals surface area contributed by atoms with Crippen LogP contribution >= 0.6 is 0 Å². The Labute approximate surface area is 74.6 Å². The third-order valence-corrected chi connectivity index (χ3v) is 1.57. The van der Waals surface area contributed by atoms with Crippen molar-refractivity contribution in [1.82, 2.24) is 0 Å². The van der Waals surface area contributed by atoms with Crippen LogP contribution in [0.15, 0.2) is 11.6 Å². The van der Waals surface area contributed by atoms with Gasteiger partial charge < -0.3 is 4.74 Å². The van der Waals surface area contributed by atoms with Gasteiger partial charge >= 0.3 is 5.97 Å². The van der Waals surface area contributed by atoms with Gasteiger partial charge in [0.15, 0.2) is 0 Å². The first-order chi connectivity index (χ1) is 5.76. The third kappa shape index (κ3) is 4.16. The predicted molar refractivity (Wildman–Crippen MR) is 49.9 cm³/mol. The van der Waals surface area contributed by atoms with E-state index in [1.54, 1.807) is 0 Å². The van der Waals surface area contributed by atoms with Crippen LogP contribution in [-0.2, 0) is 9.53 Å². The highest BCUT2D eigenvalue weighted by Gasteiger charge is 2.07. The quantitative estimate of drug-likeness (QED) is 0.468. The van der Waals surface area contributed by atoms with Crippen LogP contribution in [0, 0.1) is 0 Å². The summed E-state index contributed by atoms with van der Waals surface area (Å²) in [6.07, 6.45) is 4.52. The molecule has 0 unspecified atom stereocenters. The summed E-state index contributed by atoms with van der Waals surface area (Å²) >= 11 is 0. The molecule has 2 heteroatoms. The topological polar surface area (TPSA) is 26.3 Å². The van der Waals surface area contributed by atoms with E-state index in [9.17, 15) is 4.79 Å². The first-order valence-electron chi connectivity index (χ1n) is 4.58. The van der Waals surface area contributed by atoms with Crippen molar-refractivity contribution in [3.63, 3.8) is 0 Å². The molecule has 2 nitrogen and oxygen atoms in total. The van der Waals surface area contributed by atoms with Crippen LogP contribution in [0.3, 0.4) is 0 Å². The van der Waals surface area contributed by atoms with Crippen molar-refractivity contribution < 1.29 is 9.53 Å². The molecule has 0 heterocycles. The molecule has 0 aliphatic rings. The summed E-state index contributed by atoms with van der Waals surface area (Å²) in [5.74, 6) is -0.152. The summed E-state index contributed by atoms with van der Waals surface area (Å²) in [6, 6.07) is 0. The summed E-state index contributed by atoms with van der Waals surface area (Å²) in [4.78, 5) is 11.2. The molecule has 0 radical (unpaired) electrons. The highest BCUT2D eigenvalue weighted by molar-refractivity contribution is 5.88. The van der Waals surface area contributed by atoms with Crippen molar-refractivity contribution in [3.8, 4) is 0 Å². The minimum atomic E-state index is -0.152. The SMILES string of the molecule is C/C=C(\CCC)C(=O)OCCC. The van der Waals surface area contributed by atoms with Gasteiger partial charge in [0, 0.05) is 5.57 Å². The Balaban J connectivity index is 3.87. The van der Waals surface area contributed by atoms with Gasteiger partial charge in [-0.1, -0.05) is 26.3 Å². The number of allylic oxidation sites excluding steroid dienone is 1. The molecule has 0 aliphatic carbocycles. The molecule has 0 saturated heterocycles. The van der Waals surface area contributed by atoms with Crippen molar-refractivity contribution in [3.05, 3.63) is 11.6 Å². The zero-order chi connectivity index (χ0) is 9.40. The number of carbonyl (C=O) groups excluding carboxylic acids is 1. The summed E-state index contributed by atoms with van der Waals surface area (Å²) in [7, 11) is 0. The normalized spacial score (nSPS) is 11.4. The van der Waals surface area contributed by atoms with Gasteiger partial charge in [-0.25, -0.2) is 4.79 Å². The zero-order valence-electron chi connectivity index (χ0n) is 8.22. The number of rotatable bonds is 5. The van der Waals surface area contributed by atoms with E-state index in [4.69, 9.17) is 4.74 Å². The maximum absolute atomic E-state index is 11.2. The van der Waals surface area contributed by atoms with Crippen LogP contribution < -0.4 is 0 Å². The van der Waals surface area contributed by atoms with E-state index in [2.05, 4.69) is 6.92 Å². The van der Waals surface area contributed by atoms with Crippen molar-refractivity contribution >= 4 is 5.97 Å². The van der Waals surface area contributed by atoms with Crippen LogP contribution in [-0.4, -0.2) is 12.6 Å². The van der Waals surface area contributed by atoms with E-state index in [1.807, 2.05) is 19.9 Å². The van der Waals surface area contributed by atoms with Crippen LogP contribution in [0.1, 0.15) is 40.0 Å². The first-order valence-corrected chi connectivity index (χ1v) is 4.58. The smallest absolute Gasteiger partial charge is 0.333 e. The molecule has 0 aromatic rings. The summed E-state index contributed by atoms with van der Waals surface area (Å²) in [6.45, 7) is 6.44. The fourth-order valence-electron chi connectivity index (χ4n) is 0.921. The fourth-order valence-corrected chi connectivity index (χ4v) is 0.921. The molecule has 12 heavy (non-hydrogen) atoms. The number of esters is 1. The fraction of sp³-hybridized carbons (Fsp3) is 0.700. The molecule has 0 aliphatic heterocycles. The van der Waals surface area contributed by atoms with Crippen LogP contribution in [0.4, 0.5) is 0 Å². The van der Waals surface area contributed by atoms with Gasteiger partial charge in [-0.05, 0) is 19.8 Å². The lowest BCUT2D eigenvalue weighted by Gasteiger charge is -2.05.